The highest BCUT2D eigenvalue weighted by atomic mass is 35.5. The molecule has 0 atom stereocenters. The van der Waals surface area contributed by atoms with Crippen LogP contribution in [0, 0.1) is 17.0 Å². The zero-order chi connectivity index (χ0) is 8.43. The molecule has 0 saturated carbocycles. The number of benzene rings is 1. The second-order valence-electron chi connectivity index (χ2n) is 2.25. The van der Waals surface area contributed by atoms with E-state index in [0.29, 0.717) is 11.3 Å². The van der Waals surface area contributed by atoms with Crippen LogP contribution in [0.15, 0.2) is 18.2 Å². The van der Waals surface area contributed by atoms with Crippen molar-refractivity contribution >= 4 is 11.4 Å². The summed E-state index contributed by atoms with van der Waals surface area (Å²) in [5, 5.41) is 10.3. The molecule has 5 heteroatoms. The van der Waals surface area contributed by atoms with Crippen molar-refractivity contribution in [2.45, 2.75) is 6.92 Å². The molecule has 0 aromatic heterocycles. The molecule has 12 heavy (non-hydrogen) atoms. The number of nitrogen functional groups attached to an aromatic ring is 1. The third kappa shape index (κ3) is 1.85. The summed E-state index contributed by atoms with van der Waals surface area (Å²) < 4.78 is 0. The molecule has 1 aromatic rings. The Labute approximate surface area is 75.9 Å². The number of rotatable bonds is 1. The quantitative estimate of drug-likeness (QED) is 0.330. The third-order valence-corrected chi connectivity index (χ3v) is 1.54. The van der Waals surface area contributed by atoms with Crippen LogP contribution in [0.5, 0.6) is 0 Å². The lowest BCUT2D eigenvalue weighted by Crippen LogP contribution is -3.00. The van der Waals surface area contributed by atoms with E-state index in [-0.39, 0.29) is 18.1 Å². The molecule has 2 N–H and O–H groups in total. The maximum absolute atomic E-state index is 10.3. The normalized spacial score (nSPS) is 8.75. The number of halogens is 1. The first kappa shape index (κ1) is 10.7. The van der Waals surface area contributed by atoms with Crippen LogP contribution in [-0.2, 0) is 0 Å². The summed E-state index contributed by atoms with van der Waals surface area (Å²) >= 11 is 0. The molecule has 0 unspecified atom stereocenters. The van der Waals surface area contributed by atoms with Crippen molar-refractivity contribution in [3.05, 3.63) is 33.9 Å². The van der Waals surface area contributed by atoms with Crippen LogP contribution in [-0.4, -0.2) is 4.92 Å². The van der Waals surface area contributed by atoms with Crippen molar-refractivity contribution in [2.24, 2.45) is 0 Å². The van der Waals surface area contributed by atoms with Crippen molar-refractivity contribution < 1.29 is 17.3 Å². The molecule has 0 heterocycles. The van der Waals surface area contributed by atoms with Gasteiger partial charge >= 0.3 is 0 Å². The first-order valence-corrected chi connectivity index (χ1v) is 3.12. The van der Waals surface area contributed by atoms with E-state index in [0.717, 1.165) is 0 Å². The fourth-order valence-corrected chi connectivity index (χ4v) is 0.839. The van der Waals surface area contributed by atoms with E-state index in [2.05, 4.69) is 0 Å². The minimum absolute atomic E-state index is 0. The summed E-state index contributed by atoms with van der Waals surface area (Å²) in [5.41, 5.74) is 6.51. The Morgan fingerprint density at radius 1 is 1.50 bits per heavy atom. The lowest BCUT2D eigenvalue weighted by Gasteiger charge is -1.98. The average Bonchev–Trinajstić information content (AvgIpc) is 1.94. The highest BCUT2D eigenvalue weighted by Crippen LogP contribution is 2.21. The molecule has 0 amide bonds. The van der Waals surface area contributed by atoms with Crippen molar-refractivity contribution in [3.63, 3.8) is 0 Å². The molecular weight excluding hydrogens is 180 g/mol. The van der Waals surface area contributed by atoms with Crippen LogP contribution in [0.1, 0.15) is 5.56 Å². The van der Waals surface area contributed by atoms with Gasteiger partial charge < -0.3 is 18.1 Å². The van der Waals surface area contributed by atoms with Gasteiger partial charge in [0.1, 0.15) is 0 Å². The number of nitrogens with zero attached hydrogens (tertiary/aromatic N) is 1. The van der Waals surface area contributed by atoms with Gasteiger partial charge in [-0.15, -0.1) is 0 Å². The fourth-order valence-electron chi connectivity index (χ4n) is 0.839. The predicted molar refractivity (Wildman–Crippen MR) is 42.2 cm³/mol. The summed E-state index contributed by atoms with van der Waals surface area (Å²) in [6.45, 7) is 1.63. The molecule has 0 aliphatic heterocycles. The van der Waals surface area contributed by atoms with Gasteiger partial charge in [-0.3, -0.25) is 10.1 Å². The van der Waals surface area contributed by atoms with E-state index in [9.17, 15) is 10.1 Å². The minimum atomic E-state index is -0.439. The van der Waals surface area contributed by atoms with Gasteiger partial charge in [-0.05, 0) is 13.0 Å². The number of nitro benzene ring substituents is 1. The predicted octanol–water partition coefficient (Wildman–Crippen LogP) is -1.51. The first-order valence-electron chi connectivity index (χ1n) is 3.12. The number of nitrogens with two attached hydrogens (primary N) is 1. The molecule has 4 nitrogen and oxygen atoms in total. The molecule has 1 aromatic carbocycles. The molecular formula is C7H8ClN2O2-. The minimum Gasteiger partial charge on any atom is -1.00 e. The van der Waals surface area contributed by atoms with Gasteiger partial charge in [0.2, 0.25) is 0 Å². The van der Waals surface area contributed by atoms with Crippen LogP contribution >= 0.6 is 0 Å². The van der Waals surface area contributed by atoms with Crippen molar-refractivity contribution in [3.8, 4) is 0 Å². The number of nitro groups is 1. The van der Waals surface area contributed by atoms with E-state index < -0.39 is 4.92 Å². The molecule has 0 aliphatic rings. The Morgan fingerprint density at radius 2 is 2.08 bits per heavy atom. The molecule has 0 radical (unpaired) electrons. The molecule has 66 valence electrons. The standard InChI is InChI=1S/C7H8N2O2.ClH/c1-5-6(8)3-2-4-7(5)9(10)11;/h2-4H,8H2,1H3;1H/p-1. The second-order valence-corrected chi connectivity index (χ2v) is 2.25. The summed E-state index contributed by atoms with van der Waals surface area (Å²) in [7, 11) is 0. The largest absolute Gasteiger partial charge is 1.00 e. The Balaban J connectivity index is 0.00000121. The van der Waals surface area contributed by atoms with E-state index in [1.165, 1.54) is 6.07 Å². The van der Waals surface area contributed by atoms with Gasteiger partial charge in [0, 0.05) is 17.3 Å². The highest BCUT2D eigenvalue weighted by molar-refractivity contribution is 5.56. The second kappa shape index (κ2) is 3.92. The lowest BCUT2D eigenvalue weighted by atomic mass is 10.2. The lowest BCUT2D eigenvalue weighted by molar-refractivity contribution is -0.385. The summed E-state index contributed by atoms with van der Waals surface area (Å²) in [6, 6.07) is 4.65. The maximum Gasteiger partial charge on any atom is 0.274 e. The Hall–Kier alpha value is -1.29. The van der Waals surface area contributed by atoms with E-state index in [1.807, 2.05) is 0 Å². The summed E-state index contributed by atoms with van der Waals surface area (Å²) in [6.07, 6.45) is 0. The van der Waals surface area contributed by atoms with E-state index >= 15 is 0 Å². The Morgan fingerprint density at radius 3 is 2.50 bits per heavy atom. The average molecular weight is 188 g/mol. The van der Waals surface area contributed by atoms with Gasteiger partial charge in [-0.2, -0.15) is 0 Å². The number of hydrogen-bond donors (Lipinski definition) is 1. The molecule has 1 rings (SSSR count). The highest BCUT2D eigenvalue weighted by Gasteiger charge is 2.10. The van der Waals surface area contributed by atoms with Gasteiger partial charge in [-0.1, -0.05) is 6.07 Å². The van der Waals surface area contributed by atoms with E-state index in [1.54, 1.807) is 19.1 Å². The van der Waals surface area contributed by atoms with Crippen LogP contribution in [0.2, 0.25) is 0 Å². The van der Waals surface area contributed by atoms with Gasteiger partial charge in [0.25, 0.3) is 5.69 Å². The van der Waals surface area contributed by atoms with Crippen molar-refractivity contribution in [1.82, 2.24) is 0 Å². The molecule has 0 fully saturated rings. The Kier molecular flexibility index (Phi) is 3.50. The van der Waals surface area contributed by atoms with Crippen LogP contribution in [0.4, 0.5) is 11.4 Å². The molecule has 0 bridgehead atoms. The number of hydrogen-bond acceptors (Lipinski definition) is 3. The Bertz CT molecular complexity index is 301. The third-order valence-electron chi connectivity index (χ3n) is 1.54. The topological polar surface area (TPSA) is 69.2 Å². The first-order chi connectivity index (χ1) is 5.13. The van der Waals surface area contributed by atoms with Gasteiger partial charge in [-0.25, -0.2) is 0 Å². The maximum atomic E-state index is 10.3. The van der Waals surface area contributed by atoms with Crippen LogP contribution in [0.25, 0.3) is 0 Å². The van der Waals surface area contributed by atoms with Crippen molar-refractivity contribution in [1.29, 1.82) is 0 Å². The summed E-state index contributed by atoms with van der Waals surface area (Å²) in [4.78, 5) is 9.89. The molecule has 0 aliphatic carbocycles. The smallest absolute Gasteiger partial charge is 0.274 e. The number of anilines is 1. The van der Waals surface area contributed by atoms with E-state index in [4.69, 9.17) is 5.73 Å². The van der Waals surface area contributed by atoms with Gasteiger partial charge in [0.05, 0.1) is 4.92 Å². The van der Waals surface area contributed by atoms with Crippen molar-refractivity contribution in [2.75, 3.05) is 5.73 Å². The SMILES string of the molecule is Cc1c(N)cccc1[N+](=O)[O-].[Cl-]. The zero-order valence-corrected chi connectivity index (χ0v) is 7.21. The fraction of sp³-hybridized carbons (Fsp3) is 0.143. The van der Waals surface area contributed by atoms with Crippen LogP contribution < -0.4 is 18.1 Å². The van der Waals surface area contributed by atoms with Crippen LogP contribution in [0.3, 0.4) is 0 Å². The molecule has 0 saturated heterocycles. The summed E-state index contributed by atoms with van der Waals surface area (Å²) in [5.74, 6) is 0. The zero-order valence-electron chi connectivity index (χ0n) is 6.45. The molecule has 0 spiro atoms. The monoisotopic (exact) mass is 187 g/mol. The van der Waals surface area contributed by atoms with Gasteiger partial charge in [0.15, 0.2) is 0 Å².